The molecule has 0 aromatic carbocycles. The van der Waals surface area contributed by atoms with Crippen molar-refractivity contribution < 1.29 is 4.79 Å². The minimum absolute atomic E-state index is 0.299. The van der Waals surface area contributed by atoms with E-state index in [-0.39, 0.29) is 0 Å². The van der Waals surface area contributed by atoms with Gasteiger partial charge in [0.1, 0.15) is 0 Å². The van der Waals surface area contributed by atoms with Crippen molar-refractivity contribution in [3.63, 3.8) is 0 Å². The van der Waals surface area contributed by atoms with Crippen molar-refractivity contribution in [1.82, 2.24) is 0 Å². The van der Waals surface area contributed by atoms with Crippen LogP contribution in [-0.4, -0.2) is 11.5 Å². The molecule has 1 aromatic rings. The molecule has 0 atom stereocenters. The molecule has 1 nitrogen and oxygen atoms in total. The molecular weight excluding hydrogens is 164 g/mol. The maximum Gasteiger partial charge on any atom is 0.173 e. The summed E-state index contributed by atoms with van der Waals surface area (Å²) in [6.07, 6.45) is 0. The van der Waals surface area contributed by atoms with Gasteiger partial charge in [-0.25, -0.2) is 0 Å². The molecule has 0 fully saturated rings. The van der Waals surface area contributed by atoms with Gasteiger partial charge in [-0.05, 0) is 11.4 Å². The molecule has 0 spiro atoms. The molecule has 1 aliphatic heterocycles. The van der Waals surface area contributed by atoms with Crippen LogP contribution in [0.5, 0.6) is 0 Å². The Hall–Kier alpha value is -0.280. The maximum absolute atomic E-state index is 11.1. The lowest BCUT2D eigenvalue weighted by Crippen LogP contribution is -2.08. The van der Waals surface area contributed by atoms with Crippen LogP contribution in [0.25, 0.3) is 0 Å². The summed E-state index contributed by atoms with van der Waals surface area (Å²) in [5, 5.41) is 1.99. The molecule has 0 aliphatic carbocycles. The predicted octanol–water partition coefficient (Wildman–Crippen LogP) is 2.18. The first-order valence-electron chi connectivity index (χ1n) is 3.05. The van der Waals surface area contributed by atoms with Crippen LogP contribution in [0.15, 0.2) is 11.4 Å². The van der Waals surface area contributed by atoms with Gasteiger partial charge >= 0.3 is 0 Å². The van der Waals surface area contributed by atoms with Crippen LogP contribution in [0.3, 0.4) is 0 Å². The second-order valence-electron chi connectivity index (χ2n) is 2.17. The van der Waals surface area contributed by atoms with Crippen LogP contribution >= 0.6 is 23.1 Å². The molecule has 3 heteroatoms. The van der Waals surface area contributed by atoms with Gasteiger partial charge in [0.2, 0.25) is 0 Å². The van der Waals surface area contributed by atoms with Crippen molar-refractivity contribution in [3.05, 3.63) is 21.9 Å². The molecule has 0 radical (unpaired) electrons. The molecule has 2 rings (SSSR count). The first kappa shape index (κ1) is 6.43. The van der Waals surface area contributed by atoms with Crippen molar-refractivity contribution in [2.24, 2.45) is 0 Å². The monoisotopic (exact) mass is 170 g/mol. The molecule has 0 unspecified atom stereocenters. The van der Waals surface area contributed by atoms with Crippen LogP contribution in [0.2, 0.25) is 0 Å². The lowest BCUT2D eigenvalue weighted by molar-refractivity contribution is 0.102. The van der Waals surface area contributed by atoms with Gasteiger partial charge < -0.3 is 0 Å². The van der Waals surface area contributed by atoms with E-state index in [0.29, 0.717) is 11.5 Å². The zero-order chi connectivity index (χ0) is 6.97. The molecule has 0 saturated heterocycles. The molecular formula is C7H6OS2. The number of thioether (sulfide) groups is 1. The number of carbonyl (C=O) groups is 1. The van der Waals surface area contributed by atoms with E-state index in [9.17, 15) is 4.79 Å². The highest BCUT2D eigenvalue weighted by atomic mass is 32.2. The minimum atomic E-state index is 0.299. The van der Waals surface area contributed by atoms with E-state index < -0.39 is 0 Å². The third kappa shape index (κ3) is 0.896. The van der Waals surface area contributed by atoms with E-state index in [1.165, 1.54) is 4.88 Å². The maximum atomic E-state index is 11.1. The number of Topliss-reactive ketones (excluding diaryl/α,β-unsaturated/α-hetero) is 1. The van der Waals surface area contributed by atoms with Gasteiger partial charge in [0.05, 0.1) is 5.75 Å². The number of hydrogen-bond acceptors (Lipinski definition) is 3. The lowest BCUT2D eigenvalue weighted by atomic mass is 10.2. The minimum Gasteiger partial charge on any atom is -0.293 e. The third-order valence-electron chi connectivity index (χ3n) is 1.51. The number of thiophene rings is 1. The number of ketones is 1. The fourth-order valence-electron chi connectivity index (χ4n) is 1.02. The average molecular weight is 170 g/mol. The average Bonchev–Trinajstić information content (AvgIpc) is 2.36. The van der Waals surface area contributed by atoms with Gasteiger partial charge in [0.15, 0.2) is 5.78 Å². The Kier molecular flexibility index (Phi) is 1.54. The SMILES string of the molecule is O=C1CSCc2sccc21. The van der Waals surface area contributed by atoms with Crippen molar-refractivity contribution in [2.45, 2.75) is 5.75 Å². The Morgan fingerprint density at radius 2 is 2.30 bits per heavy atom. The normalized spacial score (nSPS) is 17.0. The largest absolute Gasteiger partial charge is 0.293 e. The van der Waals surface area contributed by atoms with Crippen molar-refractivity contribution in [3.8, 4) is 0 Å². The molecule has 2 heterocycles. The third-order valence-corrected chi connectivity index (χ3v) is 3.57. The van der Waals surface area contributed by atoms with Crippen molar-refractivity contribution in [2.75, 3.05) is 5.75 Å². The summed E-state index contributed by atoms with van der Waals surface area (Å²) < 4.78 is 0. The topological polar surface area (TPSA) is 17.1 Å². The van der Waals surface area contributed by atoms with E-state index in [1.54, 1.807) is 23.1 Å². The van der Waals surface area contributed by atoms with Gasteiger partial charge in [-0.2, -0.15) is 0 Å². The zero-order valence-corrected chi connectivity index (χ0v) is 6.93. The molecule has 0 bridgehead atoms. The summed E-state index contributed by atoms with van der Waals surface area (Å²) in [6, 6.07) is 1.93. The highest BCUT2D eigenvalue weighted by Gasteiger charge is 2.17. The van der Waals surface area contributed by atoms with E-state index in [1.807, 2.05) is 11.4 Å². The number of hydrogen-bond donors (Lipinski definition) is 0. The molecule has 0 saturated carbocycles. The van der Waals surface area contributed by atoms with Crippen LogP contribution in [0, 0.1) is 0 Å². The van der Waals surface area contributed by atoms with Gasteiger partial charge in [0.25, 0.3) is 0 Å². The summed E-state index contributed by atoms with van der Waals surface area (Å²) in [5.41, 5.74) is 0.962. The summed E-state index contributed by atoms with van der Waals surface area (Å²) in [4.78, 5) is 12.4. The predicted molar refractivity (Wildman–Crippen MR) is 44.8 cm³/mol. The molecule has 52 valence electrons. The Labute approximate surface area is 67.4 Å². The fourth-order valence-corrected chi connectivity index (χ4v) is 3.00. The van der Waals surface area contributed by atoms with E-state index in [4.69, 9.17) is 0 Å². The first-order chi connectivity index (χ1) is 4.88. The van der Waals surface area contributed by atoms with E-state index in [0.717, 1.165) is 11.3 Å². The Bertz CT molecular complexity index is 264. The number of carbonyl (C=O) groups excluding carboxylic acids is 1. The smallest absolute Gasteiger partial charge is 0.173 e. The number of fused-ring (bicyclic) bond motifs is 1. The second-order valence-corrected chi connectivity index (χ2v) is 4.16. The second kappa shape index (κ2) is 2.40. The standard InChI is InChI=1S/C7H6OS2/c8-6-3-9-4-7-5(6)1-2-10-7/h1-2H,3-4H2. The van der Waals surface area contributed by atoms with Crippen molar-refractivity contribution in [1.29, 1.82) is 0 Å². The molecule has 0 amide bonds. The summed E-state index contributed by atoms with van der Waals surface area (Å²) in [6.45, 7) is 0. The van der Waals surface area contributed by atoms with E-state index >= 15 is 0 Å². The molecule has 10 heavy (non-hydrogen) atoms. The first-order valence-corrected chi connectivity index (χ1v) is 5.08. The van der Waals surface area contributed by atoms with Gasteiger partial charge in [-0.15, -0.1) is 23.1 Å². The van der Waals surface area contributed by atoms with E-state index in [2.05, 4.69) is 0 Å². The van der Waals surface area contributed by atoms with Crippen LogP contribution in [0.4, 0.5) is 0 Å². The van der Waals surface area contributed by atoms with Crippen LogP contribution in [0.1, 0.15) is 15.2 Å². The Balaban J connectivity index is 2.50. The highest BCUT2D eigenvalue weighted by Crippen LogP contribution is 2.28. The quantitative estimate of drug-likeness (QED) is 0.593. The van der Waals surface area contributed by atoms with Gasteiger partial charge in [-0.1, -0.05) is 0 Å². The van der Waals surface area contributed by atoms with Crippen LogP contribution < -0.4 is 0 Å². The van der Waals surface area contributed by atoms with Crippen molar-refractivity contribution >= 4 is 28.9 Å². The lowest BCUT2D eigenvalue weighted by Gasteiger charge is -2.07. The Morgan fingerprint density at radius 1 is 1.40 bits per heavy atom. The molecule has 1 aliphatic rings. The van der Waals surface area contributed by atoms with Gasteiger partial charge in [-0.3, -0.25) is 4.79 Å². The fraction of sp³-hybridized carbons (Fsp3) is 0.286. The molecule has 0 N–H and O–H groups in total. The summed E-state index contributed by atoms with van der Waals surface area (Å²) >= 11 is 3.40. The Morgan fingerprint density at radius 3 is 3.10 bits per heavy atom. The number of rotatable bonds is 0. The summed E-state index contributed by atoms with van der Waals surface area (Å²) in [7, 11) is 0. The highest BCUT2D eigenvalue weighted by molar-refractivity contribution is 7.99. The van der Waals surface area contributed by atoms with Gasteiger partial charge in [0, 0.05) is 16.2 Å². The van der Waals surface area contributed by atoms with Crippen LogP contribution in [-0.2, 0) is 5.75 Å². The summed E-state index contributed by atoms with van der Waals surface area (Å²) in [5.74, 6) is 2.00. The zero-order valence-electron chi connectivity index (χ0n) is 5.29. The molecule has 1 aromatic heterocycles.